The second-order valence-corrected chi connectivity index (χ2v) is 5.18. The summed E-state index contributed by atoms with van der Waals surface area (Å²) >= 11 is 0. The van der Waals surface area contributed by atoms with E-state index in [1.165, 1.54) is 7.11 Å². The molecular formula is C19H22N2O3. The number of nitrogens with one attached hydrogen (secondary N) is 1. The molecule has 0 radical (unpaired) electrons. The molecule has 0 bridgehead atoms. The van der Waals surface area contributed by atoms with Crippen molar-refractivity contribution in [1.82, 2.24) is 5.43 Å². The summed E-state index contributed by atoms with van der Waals surface area (Å²) in [6.45, 7) is 2.76. The second kappa shape index (κ2) is 9.47. The van der Waals surface area contributed by atoms with Crippen LogP contribution in [0, 0.1) is 0 Å². The Morgan fingerprint density at radius 1 is 1.17 bits per heavy atom. The summed E-state index contributed by atoms with van der Waals surface area (Å²) < 4.78 is 10.8. The van der Waals surface area contributed by atoms with E-state index >= 15 is 0 Å². The van der Waals surface area contributed by atoms with Crippen molar-refractivity contribution in [3.63, 3.8) is 0 Å². The highest BCUT2D eigenvalue weighted by Crippen LogP contribution is 2.16. The molecule has 0 saturated heterocycles. The predicted molar refractivity (Wildman–Crippen MR) is 94.2 cm³/mol. The average molecular weight is 326 g/mol. The molecule has 126 valence electrons. The minimum atomic E-state index is -0.687. The number of nitrogens with zero attached hydrogens (tertiary/aromatic N) is 1. The van der Waals surface area contributed by atoms with Gasteiger partial charge in [-0.2, -0.15) is 5.10 Å². The van der Waals surface area contributed by atoms with Crippen molar-refractivity contribution in [3.05, 3.63) is 65.7 Å². The largest absolute Gasteiger partial charge is 0.494 e. The zero-order chi connectivity index (χ0) is 17.2. The number of hydrogen-bond acceptors (Lipinski definition) is 4. The summed E-state index contributed by atoms with van der Waals surface area (Å²) in [6.07, 6.45) is 1.87. The van der Waals surface area contributed by atoms with Crippen LogP contribution in [0.4, 0.5) is 0 Å². The molecule has 1 N–H and O–H groups in total. The van der Waals surface area contributed by atoms with Crippen LogP contribution < -0.4 is 10.2 Å². The molecular weight excluding hydrogens is 304 g/mol. The van der Waals surface area contributed by atoms with E-state index in [0.717, 1.165) is 23.3 Å². The Labute approximate surface area is 142 Å². The third kappa shape index (κ3) is 5.21. The van der Waals surface area contributed by atoms with Crippen molar-refractivity contribution in [2.75, 3.05) is 13.7 Å². The van der Waals surface area contributed by atoms with E-state index < -0.39 is 6.10 Å². The standard InChI is InChI=1S/C19H22N2O3/c1-3-13-24-17-11-9-15(10-12-17)14-20-21-19(22)18(23-2)16-7-5-4-6-8-16/h4-12,14,18H,3,13H2,1-2H3,(H,21,22)/b20-14-. The van der Waals surface area contributed by atoms with Crippen LogP contribution in [0.1, 0.15) is 30.6 Å². The molecule has 0 heterocycles. The van der Waals surface area contributed by atoms with Gasteiger partial charge in [-0.1, -0.05) is 37.3 Å². The third-order valence-electron chi connectivity index (χ3n) is 3.32. The van der Waals surface area contributed by atoms with Gasteiger partial charge in [0, 0.05) is 7.11 Å². The van der Waals surface area contributed by atoms with Gasteiger partial charge in [0.05, 0.1) is 12.8 Å². The lowest BCUT2D eigenvalue weighted by molar-refractivity contribution is -0.131. The Morgan fingerprint density at radius 3 is 2.50 bits per heavy atom. The van der Waals surface area contributed by atoms with Crippen LogP contribution in [-0.4, -0.2) is 25.8 Å². The first-order valence-corrected chi connectivity index (χ1v) is 7.88. The predicted octanol–water partition coefficient (Wildman–Crippen LogP) is 3.31. The van der Waals surface area contributed by atoms with Gasteiger partial charge in [-0.25, -0.2) is 5.43 Å². The van der Waals surface area contributed by atoms with E-state index in [0.29, 0.717) is 6.61 Å². The fourth-order valence-corrected chi connectivity index (χ4v) is 2.12. The Morgan fingerprint density at radius 2 is 1.88 bits per heavy atom. The Hall–Kier alpha value is -2.66. The maximum absolute atomic E-state index is 12.2. The molecule has 0 aromatic heterocycles. The third-order valence-corrected chi connectivity index (χ3v) is 3.32. The van der Waals surface area contributed by atoms with E-state index in [-0.39, 0.29) is 5.91 Å². The van der Waals surface area contributed by atoms with Gasteiger partial charge in [0.1, 0.15) is 5.75 Å². The molecule has 1 amide bonds. The highest BCUT2D eigenvalue weighted by Gasteiger charge is 2.18. The van der Waals surface area contributed by atoms with Crippen molar-refractivity contribution in [2.24, 2.45) is 5.10 Å². The molecule has 2 aromatic carbocycles. The molecule has 2 rings (SSSR count). The normalized spacial score (nSPS) is 12.1. The first kappa shape index (κ1) is 17.7. The summed E-state index contributed by atoms with van der Waals surface area (Å²) in [5.41, 5.74) is 4.15. The summed E-state index contributed by atoms with van der Waals surface area (Å²) in [5, 5.41) is 3.98. The summed E-state index contributed by atoms with van der Waals surface area (Å²) in [6, 6.07) is 16.8. The van der Waals surface area contributed by atoms with Crippen LogP contribution in [0.3, 0.4) is 0 Å². The molecule has 5 heteroatoms. The minimum absolute atomic E-state index is 0.317. The molecule has 0 fully saturated rings. The highest BCUT2D eigenvalue weighted by atomic mass is 16.5. The molecule has 0 spiro atoms. The SMILES string of the molecule is CCCOc1ccc(/C=N\NC(=O)C(OC)c2ccccc2)cc1. The smallest absolute Gasteiger partial charge is 0.273 e. The van der Waals surface area contributed by atoms with Gasteiger partial charge in [-0.3, -0.25) is 4.79 Å². The van der Waals surface area contributed by atoms with Gasteiger partial charge in [-0.15, -0.1) is 0 Å². The Kier molecular flexibility index (Phi) is 6.98. The molecule has 0 aliphatic heterocycles. The molecule has 0 aliphatic rings. The summed E-state index contributed by atoms with van der Waals surface area (Å²) in [7, 11) is 1.50. The quantitative estimate of drug-likeness (QED) is 0.598. The number of methoxy groups -OCH3 is 1. The molecule has 0 saturated carbocycles. The lowest BCUT2D eigenvalue weighted by Gasteiger charge is -2.13. The number of carbonyl (C=O) groups excluding carboxylic acids is 1. The summed E-state index contributed by atoms with van der Waals surface area (Å²) in [5.74, 6) is 0.504. The zero-order valence-electron chi connectivity index (χ0n) is 13.9. The maximum atomic E-state index is 12.2. The van der Waals surface area contributed by atoms with Gasteiger partial charge >= 0.3 is 0 Å². The molecule has 2 aromatic rings. The molecule has 5 nitrogen and oxygen atoms in total. The fraction of sp³-hybridized carbons (Fsp3) is 0.263. The first-order chi connectivity index (χ1) is 11.7. The highest BCUT2D eigenvalue weighted by molar-refractivity contribution is 5.85. The van der Waals surface area contributed by atoms with E-state index in [4.69, 9.17) is 9.47 Å². The van der Waals surface area contributed by atoms with Crippen LogP contribution in [0.15, 0.2) is 59.7 Å². The molecule has 1 atom stereocenters. The summed E-state index contributed by atoms with van der Waals surface area (Å²) in [4.78, 5) is 12.2. The number of rotatable bonds is 8. The molecule has 24 heavy (non-hydrogen) atoms. The van der Waals surface area contributed by atoms with Crippen molar-refractivity contribution in [2.45, 2.75) is 19.4 Å². The van der Waals surface area contributed by atoms with Gasteiger partial charge in [-0.05, 0) is 41.8 Å². The monoisotopic (exact) mass is 326 g/mol. The zero-order valence-corrected chi connectivity index (χ0v) is 13.9. The van der Waals surface area contributed by atoms with Gasteiger partial charge < -0.3 is 9.47 Å². The lowest BCUT2D eigenvalue weighted by atomic mass is 10.1. The maximum Gasteiger partial charge on any atom is 0.273 e. The van der Waals surface area contributed by atoms with E-state index in [9.17, 15) is 4.79 Å². The van der Waals surface area contributed by atoms with Crippen molar-refractivity contribution in [3.8, 4) is 5.75 Å². The fourth-order valence-electron chi connectivity index (χ4n) is 2.12. The van der Waals surface area contributed by atoms with Gasteiger partial charge in [0.15, 0.2) is 6.10 Å². The van der Waals surface area contributed by atoms with Crippen LogP contribution >= 0.6 is 0 Å². The minimum Gasteiger partial charge on any atom is -0.494 e. The number of ether oxygens (including phenoxy) is 2. The number of carbonyl (C=O) groups is 1. The average Bonchev–Trinajstić information content (AvgIpc) is 2.62. The Bertz CT molecular complexity index is 654. The van der Waals surface area contributed by atoms with E-state index in [2.05, 4.69) is 17.5 Å². The first-order valence-electron chi connectivity index (χ1n) is 7.88. The number of hydrogen-bond donors (Lipinski definition) is 1. The topological polar surface area (TPSA) is 59.9 Å². The van der Waals surface area contributed by atoms with Crippen LogP contribution in [0.2, 0.25) is 0 Å². The number of benzene rings is 2. The van der Waals surface area contributed by atoms with Crippen LogP contribution in [0.25, 0.3) is 0 Å². The van der Waals surface area contributed by atoms with E-state index in [1.807, 2.05) is 54.6 Å². The van der Waals surface area contributed by atoms with Crippen molar-refractivity contribution >= 4 is 12.1 Å². The van der Waals surface area contributed by atoms with Crippen molar-refractivity contribution in [1.29, 1.82) is 0 Å². The second-order valence-electron chi connectivity index (χ2n) is 5.18. The number of hydrazone groups is 1. The van der Waals surface area contributed by atoms with Gasteiger partial charge in [0.25, 0.3) is 5.91 Å². The van der Waals surface area contributed by atoms with Gasteiger partial charge in [0.2, 0.25) is 0 Å². The van der Waals surface area contributed by atoms with Crippen LogP contribution in [0.5, 0.6) is 5.75 Å². The molecule has 0 aliphatic carbocycles. The van der Waals surface area contributed by atoms with Crippen LogP contribution in [-0.2, 0) is 9.53 Å². The number of amides is 1. The van der Waals surface area contributed by atoms with E-state index in [1.54, 1.807) is 6.21 Å². The lowest BCUT2D eigenvalue weighted by Crippen LogP contribution is -2.26. The van der Waals surface area contributed by atoms with Crippen molar-refractivity contribution < 1.29 is 14.3 Å². The molecule has 1 unspecified atom stereocenters. The Balaban J connectivity index is 1.91.